The summed E-state index contributed by atoms with van der Waals surface area (Å²) < 4.78 is 40.6. The lowest BCUT2D eigenvalue weighted by molar-refractivity contribution is -0.250. The van der Waals surface area contributed by atoms with Crippen LogP contribution in [-0.4, -0.2) is 50.3 Å². The molecule has 0 spiro atoms. The molecule has 1 aliphatic heterocycles. The van der Waals surface area contributed by atoms with E-state index in [-0.39, 0.29) is 19.0 Å². The minimum atomic E-state index is -5.01. The Hall–Kier alpha value is -2.06. The third-order valence-electron chi connectivity index (χ3n) is 4.89. The number of carbonyl (C=O) groups is 1. The highest BCUT2D eigenvalue weighted by Gasteiger charge is 2.57. The summed E-state index contributed by atoms with van der Waals surface area (Å²) in [5.41, 5.74) is -2.49. The number of piperidine rings is 1. The number of aromatic nitrogens is 2. The van der Waals surface area contributed by atoms with E-state index < -0.39 is 17.7 Å². The van der Waals surface area contributed by atoms with Crippen LogP contribution in [0.5, 0.6) is 0 Å². The quantitative estimate of drug-likeness (QED) is 0.855. The highest BCUT2D eigenvalue weighted by molar-refractivity contribution is 6.30. The predicted molar refractivity (Wildman–Crippen MR) is 93.8 cm³/mol. The van der Waals surface area contributed by atoms with Crippen molar-refractivity contribution in [2.45, 2.75) is 37.5 Å². The second kappa shape index (κ2) is 7.16. The normalized spacial score (nSPS) is 18.4. The maximum atomic E-state index is 12.9. The zero-order valence-corrected chi connectivity index (χ0v) is 15.3. The Bertz CT molecular complexity index is 810. The van der Waals surface area contributed by atoms with E-state index in [2.05, 4.69) is 4.98 Å². The Balaban J connectivity index is 1.71. The number of carbonyl (C=O) groups excluding carboxylic acids is 1. The summed E-state index contributed by atoms with van der Waals surface area (Å²) in [5, 5.41) is 10.2. The molecule has 1 aliphatic rings. The molecule has 1 atom stereocenters. The van der Waals surface area contributed by atoms with Gasteiger partial charge in [-0.1, -0.05) is 11.6 Å². The molecular formula is C18H19ClF3N3O2. The van der Waals surface area contributed by atoms with Gasteiger partial charge in [0.25, 0.3) is 5.91 Å². The Morgan fingerprint density at radius 2 is 1.81 bits per heavy atom. The second-order valence-corrected chi connectivity index (χ2v) is 7.20. The van der Waals surface area contributed by atoms with Crippen LogP contribution in [0.1, 0.15) is 31.5 Å². The van der Waals surface area contributed by atoms with Gasteiger partial charge in [-0.05, 0) is 44.0 Å². The fourth-order valence-electron chi connectivity index (χ4n) is 3.21. The SMILES string of the molecule is C[C@@](O)(C(=O)N1CCC(c2nccn2-c2ccc(Cl)cc2)CC1)C(F)(F)F. The Morgan fingerprint density at radius 3 is 2.37 bits per heavy atom. The average molecular weight is 402 g/mol. The number of benzene rings is 1. The van der Waals surface area contributed by atoms with Gasteiger partial charge in [-0.2, -0.15) is 13.2 Å². The van der Waals surface area contributed by atoms with Gasteiger partial charge in [0.15, 0.2) is 0 Å². The number of hydrogen-bond acceptors (Lipinski definition) is 3. The minimum absolute atomic E-state index is 0.00411. The van der Waals surface area contributed by atoms with Gasteiger partial charge >= 0.3 is 6.18 Å². The van der Waals surface area contributed by atoms with Crippen molar-refractivity contribution in [3.63, 3.8) is 0 Å². The number of hydrogen-bond donors (Lipinski definition) is 1. The molecule has 5 nitrogen and oxygen atoms in total. The van der Waals surface area contributed by atoms with Crippen LogP contribution in [-0.2, 0) is 4.79 Å². The van der Waals surface area contributed by atoms with Crippen molar-refractivity contribution in [2.75, 3.05) is 13.1 Å². The summed E-state index contributed by atoms with van der Waals surface area (Å²) in [7, 11) is 0. The fourth-order valence-corrected chi connectivity index (χ4v) is 3.33. The summed E-state index contributed by atoms with van der Waals surface area (Å²) in [5.74, 6) is -0.531. The van der Waals surface area contributed by atoms with E-state index in [1.807, 2.05) is 22.9 Å². The van der Waals surface area contributed by atoms with Crippen molar-refractivity contribution < 1.29 is 23.1 Å². The summed E-state index contributed by atoms with van der Waals surface area (Å²) in [4.78, 5) is 17.6. The summed E-state index contributed by atoms with van der Waals surface area (Å²) in [6, 6.07) is 7.24. The highest BCUT2D eigenvalue weighted by atomic mass is 35.5. The van der Waals surface area contributed by atoms with Crippen molar-refractivity contribution in [1.29, 1.82) is 0 Å². The van der Waals surface area contributed by atoms with Crippen LogP contribution in [0.15, 0.2) is 36.7 Å². The molecule has 9 heteroatoms. The number of imidazole rings is 1. The van der Waals surface area contributed by atoms with E-state index in [4.69, 9.17) is 11.6 Å². The number of amides is 1. The van der Waals surface area contributed by atoms with Crippen molar-refractivity contribution in [3.8, 4) is 5.69 Å². The summed E-state index contributed by atoms with van der Waals surface area (Å²) in [6.07, 6.45) is -0.610. The first kappa shape index (κ1) is 19.7. The molecular weight excluding hydrogens is 383 g/mol. The molecule has 27 heavy (non-hydrogen) atoms. The number of rotatable bonds is 3. The molecule has 0 bridgehead atoms. The molecule has 146 valence electrons. The first-order valence-electron chi connectivity index (χ1n) is 8.49. The molecule has 0 radical (unpaired) electrons. The van der Waals surface area contributed by atoms with Crippen molar-refractivity contribution in [3.05, 3.63) is 47.5 Å². The maximum absolute atomic E-state index is 12.9. The molecule has 0 saturated carbocycles. The summed E-state index contributed by atoms with van der Waals surface area (Å²) in [6.45, 7) is 0.751. The first-order chi connectivity index (χ1) is 12.6. The summed E-state index contributed by atoms with van der Waals surface area (Å²) >= 11 is 5.91. The number of halogens is 4. The average Bonchev–Trinajstić information content (AvgIpc) is 3.10. The molecule has 1 aromatic heterocycles. The van der Waals surface area contributed by atoms with E-state index in [0.717, 1.165) is 16.4 Å². The van der Waals surface area contributed by atoms with Gasteiger partial charge in [0, 0.05) is 42.1 Å². The van der Waals surface area contributed by atoms with Gasteiger partial charge in [-0.15, -0.1) is 0 Å². The third-order valence-corrected chi connectivity index (χ3v) is 5.14. The lowest BCUT2D eigenvalue weighted by atomic mass is 9.94. The number of likely N-dealkylation sites (tertiary alicyclic amines) is 1. The molecule has 3 rings (SSSR count). The molecule has 2 heterocycles. The van der Waals surface area contributed by atoms with E-state index in [1.165, 1.54) is 0 Å². The third kappa shape index (κ3) is 3.82. The molecule has 0 unspecified atom stereocenters. The molecule has 2 aromatic rings. The van der Waals surface area contributed by atoms with Crippen LogP contribution in [0, 0.1) is 0 Å². The fraction of sp³-hybridized carbons (Fsp3) is 0.444. The van der Waals surface area contributed by atoms with Gasteiger partial charge in [-0.25, -0.2) is 4.98 Å². The van der Waals surface area contributed by atoms with Gasteiger partial charge < -0.3 is 14.6 Å². The Morgan fingerprint density at radius 1 is 1.22 bits per heavy atom. The van der Waals surface area contributed by atoms with Crippen LogP contribution in [0.3, 0.4) is 0 Å². The molecule has 1 amide bonds. The molecule has 1 N–H and O–H groups in total. The highest BCUT2D eigenvalue weighted by Crippen LogP contribution is 2.34. The largest absolute Gasteiger partial charge is 0.426 e. The van der Waals surface area contributed by atoms with Gasteiger partial charge in [0.05, 0.1) is 0 Å². The van der Waals surface area contributed by atoms with Crippen molar-refractivity contribution in [2.24, 2.45) is 0 Å². The van der Waals surface area contributed by atoms with E-state index in [9.17, 15) is 23.1 Å². The van der Waals surface area contributed by atoms with Crippen molar-refractivity contribution in [1.82, 2.24) is 14.5 Å². The minimum Gasteiger partial charge on any atom is -0.373 e. The predicted octanol–water partition coefficient (Wildman–Crippen LogP) is 3.55. The number of alkyl halides is 3. The lowest BCUT2D eigenvalue weighted by Gasteiger charge is -2.36. The standard InChI is InChI=1S/C18H19ClF3N3O2/c1-17(27,18(20,21)22)16(26)24-9-6-12(7-10-24)15-23-8-11-25(15)14-4-2-13(19)3-5-14/h2-5,8,11-12,27H,6-7,9-10H2,1H3/t17-/m1/s1. The van der Waals surface area contributed by atoms with Crippen LogP contribution in [0.25, 0.3) is 5.69 Å². The zero-order chi connectivity index (χ0) is 19.8. The first-order valence-corrected chi connectivity index (χ1v) is 8.86. The molecule has 1 fully saturated rings. The van der Waals surface area contributed by atoms with Crippen molar-refractivity contribution >= 4 is 17.5 Å². The molecule has 1 aromatic carbocycles. The Kier molecular flexibility index (Phi) is 5.22. The van der Waals surface area contributed by atoms with Crippen LogP contribution in [0.2, 0.25) is 5.02 Å². The van der Waals surface area contributed by atoms with E-state index in [1.54, 1.807) is 18.3 Å². The number of aliphatic hydroxyl groups is 1. The smallest absolute Gasteiger partial charge is 0.373 e. The van der Waals surface area contributed by atoms with Crippen LogP contribution < -0.4 is 0 Å². The zero-order valence-electron chi connectivity index (χ0n) is 14.6. The van der Waals surface area contributed by atoms with Crippen LogP contribution >= 0.6 is 11.6 Å². The van der Waals surface area contributed by atoms with Crippen LogP contribution in [0.4, 0.5) is 13.2 Å². The lowest BCUT2D eigenvalue weighted by Crippen LogP contribution is -2.57. The van der Waals surface area contributed by atoms with E-state index >= 15 is 0 Å². The molecule has 1 saturated heterocycles. The second-order valence-electron chi connectivity index (χ2n) is 6.77. The number of nitrogens with zero attached hydrogens (tertiary/aromatic N) is 3. The van der Waals surface area contributed by atoms with E-state index in [0.29, 0.717) is 24.8 Å². The Labute approximate surface area is 159 Å². The maximum Gasteiger partial charge on any atom is 0.426 e. The topological polar surface area (TPSA) is 58.4 Å². The van der Waals surface area contributed by atoms with Gasteiger partial charge in [0.1, 0.15) is 5.82 Å². The van der Waals surface area contributed by atoms with Gasteiger partial charge in [0.2, 0.25) is 5.60 Å². The van der Waals surface area contributed by atoms with Gasteiger partial charge in [-0.3, -0.25) is 4.79 Å². The monoisotopic (exact) mass is 401 g/mol. The molecule has 0 aliphatic carbocycles.